The third-order valence-electron chi connectivity index (χ3n) is 7.73. The van der Waals surface area contributed by atoms with Crippen LogP contribution in [0.2, 0.25) is 0 Å². The first kappa shape index (κ1) is 45.3. The van der Waals surface area contributed by atoms with Crippen molar-refractivity contribution in [2.45, 2.75) is 67.6 Å². The molecule has 0 saturated carbocycles. The summed E-state index contributed by atoms with van der Waals surface area (Å²) in [5.41, 5.74) is 5.34. The molecule has 0 fully saturated rings. The van der Waals surface area contributed by atoms with E-state index >= 15 is 0 Å². The van der Waals surface area contributed by atoms with E-state index in [1.807, 2.05) is 43.3 Å². The first-order valence-corrected chi connectivity index (χ1v) is 20.0. The highest BCUT2D eigenvalue weighted by Gasteiger charge is 2.26. The van der Waals surface area contributed by atoms with Crippen LogP contribution in [0.4, 0.5) is 11.4 Å². The van der Waals surface area contributed by atoms with Gasteiger partial charge in [-0.25, -0.2) is 9.69 Å². The van der Waals surface area contributed by atoms with Gasteiger partial charge in [0.2, 0.25) is 0 Å². The number of nitrogens with zero attached hydrogens (tertiary/aromatic N) is 2. The molecule has 4 aromatic rings. The Bertz CT molecular complexity index is 1800. The van der Waals surface area contributed by atoms with Crippen molar-refractivity contribution in [3.05, 3.63) is 119 Å². The lowest BCUT2D eigenvalue weighted by Crippen LogP contribution is -2.40. The second-order valence-electron chi connectivity index (χ2n) is 15.0. The molecule has 55 heavy (non-hydrogen) atoms. The molecule has 0 aliphatic carbocycles. The molecule has 11 heteroatoms. The number of rotatable bonds is 19. The van der Waals surface area contributed by atoms with Crippen LogP contribution in [0.15, 0.2) is 84.9 Å². The van der Waals surface area contributed by atoms with Crippen LogP contribution in [0.3, 0.4) is 0 Å². The maximum atomic E-state index is 7.03. The van der Waals surface area contributed by atoms with Gasteiger partial charge in [-0.3, -0.25) is 0 Å². The average molecular weight is 809 g/mol. The molecule has 0 amide bonds. The van der Waals surface area contributed by atoms with Crippen molar-refractivity contribution in [1.82, 2.24) is 0 Å². The molecule has 0 aliphatic rings. The summed E-state index contributed by atoms with van der Waals surface area (Å²) >= 11 is 3.58. The topological polar surface area (TPSA) is 64.1 Å². The second kappa shape index (κ2) is 23.7. The molecule has 0 radical (unpaired) electrons. The molecule has 4 aromatic carbocycles. The molecule has 0 aliphatic heterocycles. The van der Waals surface area contributed by atoms with Crippen molar-refractivity contribution in [3.8, 4) is 23.0 Å². The van der Waals surface area contributed by atoms with E-state index in [9.17, 15) is 0 Å². The van der Waals surface area contributed by atoms with Crippen LogP contribution in [-0.4, -0.2) is 40.7 Å². The summed E-state index contributed by atoms with van der Waals surface area (Å²) in [5.74, 6) is 4.63. The Morgan fingerprint density at radius 1 is 0.509 bits per heavy atom. The van der Waals surface area contributed by atoms with Crippen molar-refractivity contribution in [2.24, 2.45) is 23.7 Å². The smallest absolute Gasteiger partial charge is 0.457 e. The van der Waals surface area contributed by atoms with Crippen LogP contribution >= 0.6 is 15.9 Å². The van der Waals surface area contributed by atoms with E-state index in [-0.39, 0.29) is 7.12 Å². The second-order valence-corrected chi connectivity index (χ2v) is 15.6. The Kier molecular flexibility index (Phi) is 19.6. The predicted octanol–water partition coefficient (Wildman–Crippen LogP) is 11.3. The van der Waals surface area contributed by atoms with Crippen LogP contribution in [0.25, 0.3) is 9.69 Å². The molecule has 0 saturated heterocycles. The van der Waals surface area contributed by atoms with Gasteiger partial charge in [-0.2, -0.15) is 0 Å². The van der Waals surface area contributed by atoms with E-state index in [2.05, 4.69) is 81.0 Å². The standard InChI is InChI=1S/C22H27BBrNO3.C22H28BNO3/c1-16(2)14-26-23(27-15-17(3)4)22-11-10-21(12-18(22)13-24)28-20-8-6-19(25-5)7-9-20;1-16(2)14-25-23(26-15-17(3)4)22-12-11-21(13-18(22)5)27-20-9-7-19(24-6)8-10-20/h6-12,16-17H,13-15H2,1-4H3;7-13,16-17H,14-15H2,1-5H3. The van der Waals surface area contributed by atoms with Gasteiger partial charge >= 0.3 is 14.2 Å². The lowest BCUT2D eigenvalue weighted by atomic mass is 9.75. The summed E-state index contributed by atoms with van der Waals surface area (Å²) in [7, 11) is -0.772. The van der Waals surface area contributed by atoms with E-state index in [1.165, 1.54) is 0 Å². The van der Waals surface area contributed by atoms with Crippen LogP contribution in [-0.2, 0) is 23.9 Å². The summed E-state index contributed by atoms with van der Waals surface area (Å²) in [6.07, 6.45) is 0. The number of hydrogen-bond donors (Lipinski definition) is 0. The van der Waals surface area contributed by atoms with Crippen molar-refractivity contribution in [2.75, 3.05) is 26.4 Å². The molecule has 0 N–H and O–H groups in total. The van der Waals surface area contributed by atoms with E-state index in [0.29, 0.717) is 78.3 Å². The van der Waals surface area contributed by atoms with E-state index in [4.69, 9.17) is 41.2 Å². The van der Waals surface area contributed by atoms with Gasteiger partial charge in [0, 0.05) is 31.8 Å². The molecule has 4 rings (SSSR count). The summed E-state index contributed by atoms with van der Waals surface area (Å²) in [4.78, 5) is 6.79. The third-order valence-corrected chi connectivity index (χ3v) is 8.34. The highest BCUT2D eigenvalue weighted by atomic mass is 79.9. The Balaban J connectivity index is 0.000000296. The Morgan fingerprint density at radius 3 is 1.20 bits per heavy atom. The average Bonchev–Trinajstić information content (AvgIpc) is 3.16. The lowest BCUT2D eigenvalue weighted by molar-refractivity contribution is 0.172. The molecule has 0 aromatic heterocycles. The van der Waals surface area contributed by atoms with Gasteiger partial charge in [-0.1, -0.05) is 108 Å². The lowest BCUT2D eigenvalue weighted by Gasteiger charge is -2.20. The van der Waals surface area contributed by atoms with E-state index < -0.39 is 7.12 Å². The van der Waals surface area contributed by atoms with Crippen LogP contribution in [0.5, 0.6) is 23.0 Å². The Morgan fingerprint density at radius 2 is 0.855 bits per heavy atom. The normalized spacial score (nSPS) is 10.9. The molecule has 0 atom stereocenters. The summed E-state index contributed by atoms with van der Waals surface area (Å²) in [6, 6.07) is 26.0. The van der Waals surface area contributed by atoms with Gasteiger partial charge in [0.1, 0.15) is 23.0 Å². The van der Waals surface area contributed by atoms with Gasteiger partial charge in [0.25, 0.3) is 0 Å². The zero-order chi connectivity index (χ0) is 40.3. The minimum Gasteiger partial charge on any atom is -0.457 e. The van der Waals surface area contributed by atoms with Gasteiger partial charge < -0.3 is 28.1 Å². The van der Waals surface area contributed by atoms with E-state index in [1.54, 1.807) is 48.5 Å². The first-order valence-electron chi connectivity index (χ1n) is 18.9. The molecule has 290 valence electrons. The minimum absolute atomic E-state index is 0.373. The van der Waals surface area contributed by atoms with Gasteiger partial charge in [0.15, 0.2) is 11.4 Å². The fourth-order valence-corrected chi connectivity index (χ4v) is 5.48. The zero-order valence-corrected chi connectivity index (χ0v) is 35.4. The first-order chi connectivity index (χ1) is 26.3. The number of aryl methyl sites for hydroxylation is 1. The highest BCUT2D eigenvalue weighted by molar-refractivity contribution is 9.08. The van der Waals surface area contributed by atoms with Crippen LogP contribution in [0.1, 0.15) is 66.5 Å². The zero-order valence-electron chi connectivity index (χ0n) is 33.8. The van der Waals surface area contributed by atoms with Crippen LogP contribution in [0, 0.1) is 43.7 Å². The van der Waals surface area contributed by atoms with Crippen molar-refractivity contribution < 1.29 is 28.1 Å². The molecule has 0 heterocycles. The molecular formula is C44H55B2BrN2O6. The minimum atomic E-state index is -0.399. The number of halogens is 1. The number of hydrogen-bond acceptors (Lipinski definition) is 6. The monoisotopic (exact) mass is 808 g/mol. The molecule has 0 bridgehead atoms. The largest absolute Gasteiger partial charge is 0.494 e. The van der Waals surface area contributed by atoms with Crippen molar-refractivity contribution in [1.29, 1.82) is 0 Å². The van der Waals surface area contributed by atoms with Gasteiger partial charge in [-0.15, -0.1) is 0 Å². The maximum absolute atomic E-state index is 7.03. The SMILES string of the molecule is [C-]#[N+]c1ccc(Oc2ccc(B(OCC(C)C)OCC(C)C)c(C)c2)cc1.[C-]#[N+]c1ccc(Oc2ccc(B(OCC(C)C)OCC(C)C)c(CBr)c2)cc1. The van der Waals surface area contributed by atoms with Crippen molar-refractivity contribution in [3.63, 3.8) is 0 Å². The summed E-state index contributed by atoms with van der Waals surface area (Å²) < 4.78 is 36.0. The van der Waals surface area contributed by atoms with Crippen LogP contribution < -0.4 is 20.4 Å². The van der Waals surface area contributed by atoms with Gasteiger partial charge in [-0.05, 0) is 101 Å². The number of ether oxygens (including phenoxy) is 2. The molecular weight excluding hydrogens is 754 g/mol. The molecule has 0 unspecified atom stereocenters. The van der Waals surface area contributed by atoms with Gasteiger partial charge in [0.05, 0.1) is 13.1 Å². The van der Waals surface area contributed by atoms with Crippen molar-refractivity contribution >= 4 is 52.5 Å². The Hall–Kier alpha value is -4.09. The Labute approximate surface area is 338 Å². The van der Waals surface area contributed by atoms with E-state index in [0.717, 1.165) is 33.6 Å². The summed E-state index contributed by atoms with van der Waals surface area (Å²) in [6.45, 7) is 35.7. The number of benzene rings is 4. The summed E-state index contributed by atoms with van der Waals surface area (Å²) in [5, 5.41) is 0.669. The fourth-order valence-electron chi connectivity index (χ4n) is 4.99. The highest BCUT2D eigenvalue weighted by Crippen LogP contribution is 2.26. The number of alkyl halides is 1. The quantitative estimate of drug-likeness (QED) is 0.0534. The molecule has 0 spiro atoms. The fraction of sp³-hybridized carbons (Fsp3) is 0.409. The predicted molar refractivity (Wildman–Crippen MR) is 230 cm³/mol. The third kappa shape index (κ3) is 16.3. The maximum Gasteiger partial charge on any atom is 0.494 e. The molecule has 8 nitrogen and oxygen atoms in total.